The molecule has 0 spiro atoms. The van der Waals surface area contributed by atoms with Gasteiger partial charge in [-0.2, -0.15) is 0 Å². The molecule has 0 bridgehead atoms. The first-order valence-corrected chi connectivity index (χ1v) is 18.5. The molecule has 2 atom stereocenters. The third-order valence-electron chi connectivity index (χ3n) is 8.18. The number of nitrogens with one attached hydrogen (secondary N) is 1. The quantitative estimate of drug-likeness (QED) is 0.163. The number of β-lactam (4-membered cyclic amide) rings is 1. The summed E-state index contributed by atoms with van der Waals surface area (Å²) in [5.41, 5.74) is 1.31. The summed E-state index contributed by atoms with van der Waals surface area (Å²) in [5, 5.41) is 6.12. The van der Waals surface area contributed by atoms with Crippen LogP contribution in [0.2, 0.25) is 0 Å². The highest BCUT2D eigenvalue weighted by atomic mass is 79.9. The highest BCUT2D eigenvalue weighted by Gasteiger charge is 2.56. The van der Waals surface area contributed by atoms with E-state index in [-0.39, 0.29) is 35.2 Å². The van der Waals surface area contributed by atoms with E-state index in [1.807, 2.05) is 69.3 Å². The Bertz CT molecular complexity index is 1650. The Kier molecular flexibility index (Phi) is 10.7. The van der Waals surface area contributed by atoms with E-state index in [4.69, 9.17) is 4.74 Å². The van der Waals surface area contributed by atoms with Gasteiger partial charge in [0.25, 0.3) is 5.91 Å². The number of fused-ring (bicyclic) bond motifs is 1. The van der Waals surface area contributed by atoms with Gasteiger partial charge in [0.1, 0.15) is 45.9 Å². The molecule has 2 amide bonds. The Morgan fingerprint density at radius 1 is 0.809 bits per heavy atom. The smallest absolute Gasteiger partial charge is 0.355 e. The van der Waals surface area contributed by atoms with Gasteiger partial charge < -0.3 is 27.0 Å². The number of ether oxygens (including phenoxy) is 1. The van der Waals surface area contributed by atoms with Crippen molar-refractivity contribution in [3.8, 4) is 0 Å². The molecule has 4 aromatic rings. The molecule has 0 aliphatic carbocycles. The minimum atomic E-state index is -2.36. The van der Waals surface area contributed by atoms with E-state index in [1.54, 1.807) is 16.7 Å². The second-order valence-corrected chi connectivity index (χ2v) is 17.1. The zero-order chi connectivity index (χ0) is 32.3. The van der Waals surface area contributed by atoms with Crippen molar-refractivity contribution >= 4 is 52.7 Å². The summed E-state index contributed by atoms with van der Waals surface area (Å²) in [6, 6.07) is 40.2. The summed E-state index contributed by atoms with van der Waals surface area (Å²) >= 11 is 1.59. The predicted octanol–water partition coefficient (Wildman–Crippen LogP) is 2.22. The normalized spacial score (nSPS) is 17.6. The largest absolute Gasteiger partial charge is 1.00 e. The molecule has 0 aromatic heterocycles. The highest BCUT2D eigenvalue weighted by Crippen LogP contribution is 2.58. The van der Waals surface area contributed by atoms with Gasteiger partial charge in [-0.25, -0.2) is 4.79 Å². The van der Waals surface area contributed by atoms with E-state index < -0.39 is 30.2 Å². The summed E-state index contributed by atoms with van der Waals surface area (Å²) in [7, 11) is -2.36. The Balaban J connectivity index is 0.00000433. The first kappa shape index (κ1) is 34.6. The van der Waals surface area contributed by atoms with Gasteiger partial charge in [-0.15, -0.1) is 11.8 Å². The average molecular weight is 730 g/mol. The van der Waals surface area contributed by atoms with E-state index in [0.29, 0.717) is 17.6 Å². The number of halogens is 1. The number of carbonyl (C=O) groups excluding carboxylic acids is 3. The van der Waals surface area contributed by atoms with Gasteiger partial charge in [0, 0.05) is 11.3 Å². The number of nitrogens with zero attached hydrogens (tertiary/aromatic N) is 1. The van der Waals surface area contributed by atoms with Crippen LogP contribution in [0, 0.1) is 0 Å². The van der Waals surface area contributed by atoms with E-state index in [0.717, 1.165) is 11.1 Å². The minimum absolute atomic E-state index is 0. The molecule has 2 aliphatic rings. The van der Waals surface area contributed by atoms with Crippen molar-refractivity contribution in [1.82, 2.24) is 10.2 Å². The molecule has 47 heavy (non-hydrogen) atoms. The van der Waals surface area contributed by atoms with Crippen molar-refractivity contribution in [2.24, 2.45) is 0 Å². The van der Waals surface area contributed by atoms with E-state index >= 15 is 0 Å². The van der Waals surface area contributed by atoms with E-state index in [1.165, 1.54) is 15.9 Å². The van der Waals surface area contributed by atoms with Crippen LogP contribution in [0.15, 0.2) is 133 Å². The molecular weight excluding hydrogens is 691 g/mol. The van der Waals surface area contributed by atoms with Crippen molar-refractivity contribution in [2.45, 2.75) is 44.2 Å². The highest BCUT2D eigenvalue weighted by molar-refractivity contribution is 8.00. The summed E-state index contributed by atoms with van der Waals surface area (Å²) in [6.07, 6.45) is 0.744. The maximum Gasteiger partial charge on any atom is 0.355 e. The zero-order valence-electron chi connectivity index (χ0n) is 26.6. The summed E-state index contributed by atoms with van der Waals surface area (Å²) in [6.45, 7) is 5.50. The fourth-order valence-electron chi connectivity index (χ4n) is 6.18. The van der Waals surface area contributed by atoms with Crippen molar-refractivity contribution in [1.29, 1.82) is 0 Å². The molecule has 4 aromatic carbocycles. The number of hydrogen-bond acceptors (Lipinski definition) is 5. The molecule has 2 heterocycles. The Hall–Kier alpha value is -3.71. The van der Waals surface area contributed by atoms with Gasteiger partial charge in [0.05, 0.1) is 12.6 Å². The maximum absolute atomic E-state index is 14.1. The standard InChI is InChI=1S/C38H37N2O4PS.BrH/c1-38(2,3)44-37(43)34-28(26-46-36-33(35(42)40(34)36)39-32(41)24-27-16-8-4-9-17-27)25-45(29-18-10-5-11-19-29,30-20-12-6-13-21-30)31-22-14-7-15-23-31;/h4-23,33,36H,24-26H2,1-3H3;1H/t33-,36-;/m1./s1. The third-order valence-corrected chi connectivity index (χ3v) is 13.9. The molecule has 2 aliphatic heterocycles. The number of carbonyl (C=O) groups is 3. The van der Waals surface area contributed by atoms with Crippen LogP contribution in [-0.2, 0) is 25.5 Å². The van der Waals surface area contributed by atoms with Gasteiger partial charge in [-0.1, -0.05) is 84.9 Å². The number of amides is 2. The SMILES string of the molecule is CC(C)(C)OC(=O)C1=C(C[P+](c2ccccc2)(c2ccccc2)c2ccccc2)CS[C@@H]2[C@H](NC(=O)Cc3ccccc3)C(=O)N12.[Br-]. The second kappa shape index (κ2) is 14.6. The Morgan fingerprint density at radius 2 is 1.28 bits per heavy atom. The lowest BCUT2D eigenvalue weighted by atomic mass is 10.0. The van der Waals surface area contributed by atoms with E-state index in [2.05, 4.69) is 78.1 Å². The molecule has 1 saturated heterocycles. The molecular formula is C38H38BrN2O4PS. The first-order chi connectivity index (χ1) is 22.2. The van der Waals surface area contributed by atoms with Crippen molar-refractivity contribution in [3.63, 3.8) is 0 Å². The zero-order valence-corrected chi connectivity index (χ0v) is 29.9. The van der Waals surface area contributed by atoms with Gasteiger partial charge in [0.2, 0.25) is 5.91 Å². The van der Waals surface area contributed by atoms with Crippen LogP contribution in [0.5, 0.6) is 0 Å². The number of benzene rings is 4. The molecule has 0 radical (unpaired) electrons. The minimum Gasteiger partial charge on any atom is -1.00 e. The van der Waals surface area contributed by atoms with E-state index in [9.17, 15) is 14.4 Å². The maximum atomic E-state index is 14.1. The van der Waals surface area contributed by atoms with Crippen LogP contribution in [0.25, 0.3) is 0 Å². The Labute approximate surface area is 292 Å². The fourth-order valence-corrected chi connectivity index (χ4v) is 12.0. The van der Waals surface area contributed by atoms with Gasteiger partial charge in [-0.05, 0) is 62.7 Å². The molecule has 1 fully saturated rings. The summed E-state index contributed by atoms with van der Waals surface area (Å²) in [4.78, 5) is 42.5. The van der Waals surface area contributed by atoms with Crippen LogP contribution < -0.4 is 38.2 Å². The lowest BCUT2D eigenvalue weighted by Crippen LogP contribution is -3.00. The number of rotatable bonds is 9. The molecule has 0 unspecified atom stereocenters. The van der Waals surface area contributed by atoms with Crippen molar-refractivity contribution < 1.29 is 36.1 Å². The number of esters is 1. The van der Waals surface area contributed by atoms with Gasteiger partial charge in [0.15, 0.2) is 0 Å². The molecule has 9 heteroatoms. The summed E-state index contributed by atoms with van der Waals surface area (Å²) < 4.78 is 5.96. The number of thioether (sulfide) groups is 1. The third kappa shape index (κ3) is 7.25. The average Bonchev–Trinajstić information content (AvgIpc) is 3.06. The van der Waals surface area contributed by atoms with Crippen LogP contribution in [-0.4, -0.2) is 51.6 Å². The molecule has 1 N–H and O–H groups in total. The second-order valence-electron chi connectivity index (χ2n) is 12.5. The van der Waals surface area contributed by atoms with Crippen LogP contribution in [0.1, 0.15) is 26.3 Å². The Morgan fingerprint density at radius 3 is 1.74 bits per heavy atom. The lowest BCUT2D eigenvalue weighted by molar-refractivity contribution is -0.159. The predicted molar refractivity (Wildman–Crippen MR) is 188 cm³/mol. The van der Waals surface area contributed by atoms with Crippen LogP contribution in [0.3, 0.4) is 0 Å². The van der Waals surface area contributed by atoms with Gasteiger partial charge in [-0.3, -0.25) is 14.5 Å². The topological polar surface area (TPSA) is 75.7 Å². The lowest BCUT2D eigenvalue weighted by Gasteiger charge is -2.50. The van der Waals surface area contributed by atoms with Crippen molar-refractivity contribution in [3.05, 3.63) is 138 Å². The fraction of sp³-hybridized carbons (Fsp3) is 0.237. The molecule has 6 rings (SSSR count). The van der Waals surface area contributed by atoms with Crippen LogP contribution >= 0.6 is 19.0 Å². The molecule has 242 valence electrons. The van der Waals surface area contributed by atoms with Crippen molar-refractivity contribution in [2.75, 3.05) is 11.9 Å². The monoisotopic (exact) mass is 728 g/mol. The molecule has 0 saturated carbocycles. The first-order valence-electron chi connectivity index (χ1n) is 15.5. The van der Waals surface area contributed by atoms with Crippen LogP contribution in [0.4, 0.5) is 0 Å². The molecule has 6 nitrogen and oxygen atoms in total. The summed E-state index contributed by atoms with van der Waals surface area (Å²) in [5.74, 6) is -0.495. The van der Waals surface area contributed by atoms with Gasteiger partial charge >= 0.3 is 5.97 Å². The number of hydrogen-bond donors (Lipinski definition) is 1.